The Hall–Kier alpha value is -1.94. The van der Waals surface area contributed by atoms with Gasteiger partial charge in [-0.2, -0.15) is 0 Å². The van der Waals surface area contributed by atoms with Gasteiger partial charge in [-0.15, -0.1) is 11.3 Å². The molecule has 4 aromatic heterocycles. The van der Waals surface area contributed by atoms with Crippen molar-refractivity contribution in [3.8, 4) is 22.0 Å². The van der Waals surface area contributed by atoms with Crippen LogP contribution >= 0.6 is 22.7 Å². The molecule has 4 heterocycles. The van der Waals surface area contributed by atoms with Crippen LogP contribution in [0.4, 0.5) is 5.69 Å². The number of aromatic nitrogens is 4. The van der Waals surface area contributed by atoms with Gasteiger partial charge in [0.25, 0.3) is 0 Å². The van der Waals surface area contributed by atoms with E-state index in [9.17, 15) is 4.55 Å². The van der Waals surface area contributed by atoms with Crippen LogP contribution < -0.4 is 5.73 Å². The summed E-state index contributed by atoms with van der Waals surface area (Å²) in [6.45, 7) is 4.06. The van der Waals surface area contributed by atoms with Crippen molar-refractivity contribution < 1.29 is 4.55 Å². The molecule has 0 aliphatic carbocycles. The van der Waals surface area contributed by atoms with E-state index in [2.05, 4.69) is 16.9 Å². The Morgan fingerprint density at radius 2 is 2.14 bits per heavy atom. The van der Waals surface area contributed by atoms with Gasteiger partial charge in [-0.1, -0.05) is 24.7 Å². The predicted molar refractivity (Wildman–Crippen MR) is 118 cm³/mol. The molecule has 0 aliphatic rings. The zero-order valence-electron chi connectivity index (χ0n) is 15.9. The molecule has 0 amide bonds. The third kappa shape index (κ3) is 3.32. The lowest BCUT2D eigenvalue weighted by atomic mass is 10.1. The summed E-state index contributed by atoms with van der Waals surface area (Å²) in [6.07, 6.45) is 5.53. The minimum absolute atomic E-state index is 0.571. The number of nitrogen functional groups attached to an aromatic ring is 1. The van der Waals surface area contributed by atoms with E-state index in [1.54, 1.807) is 17.5 Å². The third-order valence-electron chi connectivity index (χ3n) is 4.70. The summed E-state index contributed by atoms with van der Waals surface area (Å²) in [5.41, 5.74) is 9.78. The van der Waals surface area contributed by atoms with E-state index in [-0.39, 0.29) is 0 Å². The normalized spacial score (nSPS) is 12.7. The van der Waals surface area contributed by atoms with Crippen LogP contribution in [0.2, 0.25) is 0 Å². The average Bonchev–Trinajstić information content (AvgIpc) is 3.41. The second-order valence-corrected chi connectivity index (χ2v) is 10.2. The fraction of sp³-hybridized carbons (Fsp3) is 0.316. The Balaban J connectivity index is 1.96. The van der Waals surface area contributed by atoms with Crippen LogP contribution in [0.3, 0.4) is 0 Å². The van der Waals surface area contributed by atoms with Crippen molar-refractivity contribution in [2.45, 2.75) is 30.9 Å². The lowest BCUT2D eigenvalue weighted by molar-refractivity contribution is 0.594. The van der Waals surface area contributed by atoms with Crippen molar-refractivity contribution in [3.63, 3.8) is 0 Å². The van der Waals surface area contributed by atoms with E-state index in [0.29, 0.717) is 15.6 Å². The highest BCUT2D eigenvalue weighted by molar-refractivity contribution is 7.93. The number of hydrogen-bond acceptors (Lipinski definition) is 7. The number of thiazole rings is 1. The van der Waals surface area contributed by atoms with Crippen LogP contribution in [0.25, 0.3) is 32.2 Å². The summed E-state index contributed by atoms with van der Waals surface area (Å²) < 4.78 is 15.6. The van der Waals surface area contributed by atoms with Crippen molar-refractivity contribution in [1.82, 2.24) is 19.5 Å². The fourth-order valence-electron chi connectivity index (χ4n) is 3.05. The summed E-state index contributed by atoms with van der Waals surface area (Å²) in [5.74, 6) is 1.53. The second kappa shape index (κ2) is 7.82. The molecule has 4 rings (SSSR count). The maximum absolute atomic E-state index is 12.8. The Labute approximate surface area is 174 Å². The lowest BCUT2D eigenvalue weighted by Gasteiger charge is -2.09. The number of anilines is 1. The standard InChI is InChI=1S/C19H21N5OS3/c1-4-5-8-28(25)19-16(20)15-12(14-10-22-11(2)24(14)3)9-13(23-18(15)27-19)17-21-6-7-26-17/h6-7,9-10H,4-5,8,20H2,1-3H3/t28-/m0/s1. The first-order chi connectivity index (χ1) is 13.5. The van der Waals surface area contributed by atoms with Gasteiger partial charge in [0.2, 0.25) is 4.21 Å². The van der Waals surface area contributed by atoms with Crippen LogP contribution in [-0.4, -0.2) is 29.8 Å². The number of hydrogen-bond donors (Lipinski definition) is 1. The molecule has 0 saturated carbocycles. The number of rotatable bonds is 6. The van der Waals surface area contributed by atoms with Gasteiger partial charge in [0.05, 0.1) is 11.9 Å². The fourth-order valence-corrected chi connectivity index (χ4v) is 6.45. The maximum atomic E-state index is 12.8. The number of fused-ring (bicyclic) bond motifs is 1. The molecule has 1 atom stereocenters. The highest BCUT2D eigenvalue weighted by atomic mass is 32.2. The van der Waals surface area contributed by atoms with E-state index < -0.39 is 11.2 Å². The van der Waals surface area contributed by atoms with Crippen LogP contribution in [0.1, 0.15) is 25.6 Å². The molecule has 9 heteroatoms. The summed E-state index contributed by atoms with van der Waals surface area (Å²) in [5, 5.41) is 3.64. The topological polar surface area (TPSA) is 92.7 Å². The SMILES string of the molecule is CCCC[S@+]([O-])c1sc2nc(-c3nccs3)cc(-c3cnc(C)n3C)c2c1N. The van der Waals surface area contributed by atoms with Crippen LogP contribution in [0, 0.1) is 6.92 Å². The quantitative estimate of drug-likeness (QED) is 0.450. The van der Waals surface area contributed by atoms with Crippen molar-refractivity contribution in [3.05, 3.63) is 29.7 Å². The first-order valence-electron chi connectivity index (χ1n) is 9.01. The van der Waals surface area contributed by atoms with E-state index in [4.69, 9.17) is 10.7 Å². The third-order valence-corrected chi connectivity index (χ3v) is 8.49. The summed E-state index contributed by atoms with van der Waals surface area (Å²) in [4.78, 5) is 14.4. The zero-order chi connectivity index (χ0) is 19.8. The molecule has 0 fully saturated rings. The van der Waals surface area contributed by atoms with Crippen molar-refractivity contribution >= 4 is 49.8 Å². The van der Waals surface area contributed by atoms with Crippen LogP contribution in [0.15, 0.2) is 28.0 Å². The molecule has 0 radical (unpaired) electrons. The molecule has 0 aromatic carbocycles. The summed E-state index contributed by atoms with van der Waals surface area (Å²) >= 11 is 1.85. The van der Waals surface area contributed by atoms with E-state index in [1.165, 1.54) is 11.3 Å². The first-order valence-corrected chi connectivity index (χ1v) is 12.0. The molecule has 2 N–H and O–H groups in total. The number of nitrogens with zero attached hydrogens (tertiary/aromatic N) is 4. The van der Waals surface area contributed by atoms with Crippen LogP contribution in [-0.2, 0) is 18.2 Å². The number of thiophene rings is 1. The largest absolute Gasteiger partial charge is 0.611 e. The van der Waals surface area contributed by atoms with Crippen molar-refractivity contribution in [1.29, 1.82) is 0 Å². The van der Waals surface area contributed by atoms with Gasteiger partial charge < -0.3 is 14.9 Å². The van der Waals surface area contributed by atoms with Gasteiger partial charge in [-0.05, 0) is 30.6 Å². The lowest BCUT2D eigenvalue weighted by Crippen LogP contribution is -2.07. The highest BCUT2D eigenvalue weighted by Gasteiger charge is 2.25. The van der Waals surface area contributed by atoms with Gasteiger partial charge in [0, 0.05) is 29.6 Å². The average molecular weight is 432 g/mol. The van der Waals surface area contributed by atoms with Gasteiger partial charge >= 0.3 is 0 Å². The van der Waals surface area contributed by atoms with Gasteiger partial charge in [0.15, 0.2) is 0 Å². The Bertz CT molecular complexity index is 1120. The van der Waals surface area contributed by atoms with E-state index in [1.807, 2.05) is 36.2 Å². The van der Waals surface area contributed by atoms with Gasteiger partial charge in [-0.3, -0.25) is 0 Å². The van der Waals surface area contributed by atoms with Crippen LogP contribution in [0.5, 0.6) is 0 Å². The number of unbranched alkanes of at least 4 members (excludes halogenated alkanes) is 1. The molecular formula is C19H21N5OS3. The minimum Gasteiger partial charge on any atom is -0.611 e. The summed E-state index contributed by atoms with van der Waals surface area (Å²) in [7, 11) is 1.98. The predicted octanol–water partition coefficient (Wildman–Crippen LogP) is 4.62. The zero-order valence-corrected chi connectivity index (χ0v) is 18.4. The minimum atomic E-state index is -1.12. The maximum Gasteiger partial charge on any atom is 0.232 e. The Morgan fingerprint density at radius 3 is 2.79 bits per heavy atom. The molecule has 146 valence electrons. The van der Waals surface area contributed by atoms with Gasteiger partial charge in [-0.25, -0.2) is 15.0 Å². The number of aryl methyl sites for hydroxylation is 1. The molecule has 0 bridgehead atoms. The Kier molecular flexibility index (Phi) is 5.42. The molecular weight excluding hydrogens is 410 g/mol. The number of imidazole rings is 1. The summed E-state index contributed by atoms with van der Waals surface area (Å²) in [6, 6.07) is 2.01. The van der Waals surface area contributed by atoms with E-state index in [0.717, 1.165) is 50.8 Å². The first kappa shape index (κ1) is 19.4. The monoisotopic (exact) mass is 431 g/mol. The number of nitrogens with two attached hydrogens (primary N) is 1. The molecule has 0 saturated heterocycles. The number of pyridine rings is 1. The highest BCUT2D eigenvalue weighted by Crippen LogP contribution is 2.43. The van der Waals surface area contributed by atoms with E-state index >= 15 is 0 Å². The molecule has 6 nitrogen and oxygen atoms in total. The smallest absolute Gasteiger partial charge is 0.232 e. The molecule has 0 unspecified atom stereocenters. The molecule has 0 spiro atoms. The van der Waals surface area contributed by atoms with Gasteiger partial charge in [0.1, 0.15) is 32.8 Å². The molecule has 0 aliphatic heterocycles. The van der Waals surface area contributed by atoms with Crippen molar-refractivity contribution in [2.75, 3.05) is 11.5 Å². The molecule has 28 heavy (non-hydrogen) atoms. The molecule has 4 aromatic rings. The Morgan fingerprint density at radius 1 is 1.32 bits per heavy atom. The van der Waals surface area contributed by atoms with Crippen molar-refractivity contribution in [2.24, 2.45) is 7.05 Å². The second-order valence-electron chi connectivity index (χ2n) is 6.53.